The van der Waals surface area contributed by atoms with E-state index in [0.717, 1.165) is 31.2 Å². The van der Waals surface area contributed by atoms with Crippen LogP contribution in [0.2, 0.25) is 0 Å². The summed E-state index contributed by atoms with van der Waals surface area (Å²) in [5, 5.41) is 19.0. The maximum absolute atomic E-state index is 9.89. The normalized spacial score (nSPS) is 23.7. The van der Waals surface area contributed by atoms with Gasteiger partial charge >= 0.3 is 0 Å². The molecule has 4 heteroatoms. The Morgan fingerprint density at radius 1 is 1.22 bits per heavy atom. The van der Waals surface area contributed by atoms with Crippen LogP contribution in [0.25, 0.3) is 0 Å². The first-order valence-corrected chi connectivity index (χ1v) is 6.37. The van der Waals surface area contributed by atoms with Crippen molar-refractivity contribution >= 4 is 0 Å². The number of aliphatic hydroxyl groups is 2. The average molecular weight is 252 g/mol. The lowest BCUT2D eigenvalue weighted by Crippen LogP contribution is -2.34. The van der Waals surface area contributed by atoms with Gasteiger partial charge in [0.05, 0.1) is 19.8 Å². The van der Waals surface area contributed by atoms with E-state index in [1.165, 1.54) is 0 Å². The van der Waals surface area contributed by atoms with Crippen LogP contribution in [-0.2, 0) is 6.61 Å². The van der Waals surface area contributed by atoms with Crippen LogP contribution < -0.4 is 9.47 Å². The summed E-state index contributed by atoms with van der Waals surface area (Å²) in [7, 11) is 1.57. The van der Waals surface area contributed by atoms with E-state index in [-0.39, 0.29) is 12.7 Å². The standard InChI is InChI=1S/C14H20O4/c1-17-14-8-10(9-15)6-7-13(14)18-12-5-3-2-4-11(12)16/h6-8,11-12,15-16H,2-5,9H2,1H3. The van der Waals surface area contributed by atoms with Gasteiger partial charge in [-0.2, -0.15) is 0 Å². The van der Waals surface area contributed by atoms with Gasteiger partial charge in [0, 0.05) is 0 Å². The fourth-order valence-electron chi connectivity index (χ4n) is 2.29. The number of aliphatic hydroxyl groups excluding tert-OH is 2. The molecule has 2 rings (SSSR count). The summed E-state index contributed by atoms with van der Waals surface area (Å²) in [4.78, 5) is 0. The summed E-state index contributed by atoms with van der Waals surface area (Å²) >= 11 is 0. The van der Waals surface area contributed by atoms with E-state index in [1.807, 2.05) is 0 Å². The van der Waals surface area contributed by atoms with Gasteiger partial charge in [0.1, 0.15) is 6.10 Å². The molecule has 2 atom stereocenters. The summed E-state index contributed by atoms with van der Waals surface area (Å²) < 4.78 is 11.1. The minimum atomic E-state index is -0.402. The third kappa shape index (κ3) is 2.94. The second kappa shape index (κ2) is 6.07. The molecule has 1 aromatic carbocycles. The third-order valence-corrected chi connectivity index (χ3v) is 3.36. The molecule has 0 saturated heterocycles. The molecule has 0 aromatic heterocycles. The van der Waals surface area contributed by atoms with E-state index >= 15 is 0 Å². The molecule has 4 nitrogen and oxygen atoms in total. The van der Waals surface area contributed by atoms with Gasteiger partial charge in [0.15, 0.2) is 11.5 Å². The Morgan fingerprint density at radius 2 is 2.00 bits per heavy atom. The molecule has 0 heterocycles. The fraction of sp³-hybridized carbons (Fsp3) is 0.571. The summed E-state index contributed by atoms with van der Waals surface area (Å²) in [6.45, 7) is -0.0251. The minimum absolute atomic E-state index is 0.0251. The molecule has 1 saturated carbocycles. The van der Waals surface area contributed by atoms with Crippen LogP contribution in [0.5, 0.6) is 11.5 Å². The molecule has 0 bridgehead atoms. The number of benzene rings is 1. The maximum Gasteiger partial charge on any atom is 0.161 e. The van der Waals surface area contributed by atoms with Crippen LogP contribution >= 0.6 is 0 Å². The SMILES string of the molecule is COc1cc(CO)ccc1OC1CCCCC1O. The summed E-state index contributed by atoms with van der Waals surface area (Å²) in [6.07, 6.45) is 3.24. The molecule has 1 aliphatic rings. The van der Waals surface area contributed by atoms with Gasteiger partial charge in [-0.3, -0.25) is 0 Å². The lowest BCUT2D eigenvalue weighted by Gasteiger charge is -2.28. The Balaban J connectivity index is 2.12. The zero-order valence-electron chi connectivity index (χ0n) is 10.6. The Morgan fingerprint density at radius 3 is 2.67 bits per heavy atom. The van der Waals surface area contributed by atoms with Gasteiger partial charge in [-0.1, -0.05) is 12.5 Å². The molecule has 2 N–H and O–H groups in total. The van der Waals surface area contributed by atoms with E-state index in [4.69, 9.17) is 14.6 Å². The van der Waals surface area contributed by atoms with Gasteiger partial charge in [0.2, 0.25) is 0 Å². The van der Waals surface area contributed by atoms with Crippen molar-refractivity contribution in [2.75, 3.05) is 7.11 Å². The van der Waals surface area contributed by atoms with E-state index in [1.54, 1.807) is 25.3 Å². The highest BCUT2D eigenvalue weighted by Crippen LogP contribution is 2.32. The van der Waals surface area contributed by atoms with Crippen molar-refractivity contribution in [1.82, 2.24) is 0 Å². The van der Waals surface area contributed by atoms with Crippen LogP contribution in [0.15, 0.2) is 18.2 Å². The van der Waals surface area contributed by atoms with E-state index < -0.39 is 6.10 Å². The third-order valence-electron chi connectivity index (χ3n) is 3.36. The van der Waals surface area contributed by atoms with Gasteiger partial charge in [0.25, 0.3) is 0 Å². The predicted octanol–water partition coefficient (Wildman–Crippen LogP) is 1.87. The Labute approximate surface area is 107 Å². The van der Waals surface area contributed by atoms with Crippen molar-refractivity contribution in [3.63, 3.8) is 0 Å². The highest BCUT2D eigenvalue weighted by atomic mass is 16.5. The molecule has 0 radical (unpaired) electrons. The van der Waals surface area contributed by atoms with Gasteiger partial charge in [-0.05, 0) is 37.0 Å². The van der Waals surface area contributed by atoms with Gasteiger partial charge < -0.3 is 19.7 Å². The minimum Gasteiger partial charge on any atom is -0.493 e. The smallest absolute Gasteiger partial charge is 0.161 e. The van der Waals surface area contributed by atoms with Crippen molar-refractivity contribution in [1.29, 1.82) is 0 Å². The molecule has 0 spiro atoms. The second-order valence-electron chi connectivity index (χ2n) is 4.65. The highest BCUT2D eigenvalue weighted by molar-refractivity contribution is 5.43. The molecule has 1 aromatic rings. The van der Waals surface area contributed by atoms with Crippen molar-refractivity contribution < 1.29 is 19.7 Å². The summed E-state index contributed by atoms with van der Waals surface area (Å²) in [6, 6.07) is 5.34. The van der Waals surface area contributed by atoms with Crippen LogP contribution in [0.3, 0.4) is 0 Å². The molecular weight excluding hydrogens is 232 g/mol. The number of ether oxygens (including phenoxy) is 2. The molecular formula is C14H20O4. The zero-order chi connectivity index (χ0) is 13.0. The quantitative estimate of drug-likeness (QED) is 0.859. The lowest BCUT2D eigenvalue weighted by atomic mass is 9.95. The number of rotatable bonds is 4. The number of hydrogen-bond acceptors (Lipinski definition) is 4. The van der Waals surface area contributed by atoms with Crippen molar-refractivity contribution in [3.8, 4) is 11.5 Å². The largest absolute Gasteiger partial charge is 0.493 e. The van der Waals surface area contributed by atoms with Gasteiger partial charge in [-0.15, -0.1) is 0 Å². The van der Waals surface area contributed by atoms with E-state index in [2.05, 4.69) is 0 Å². The highest BCUT2D eigenvalue weighted by Gasteiger charge is 2.25. The first-order valence-electron chi connectivity index (χ1n) is 6.37. The number of hydrogen-bond donors (Lipinski definition) is 2. The zero-order valence-corrected chi connectivity index (χ0v) is 10.6. The average Bonchev–Trinajstić information content (AvgIpc) is 2.41. The Bertz CT molecular complexity index is 391. The molecule has 18 heavy (non-hydrogen) atoms. The number of methoxy groups -OCH3 is 1. The first kappa shape index (κ1) is 13.2. The van der Waals surface area contributed by atoms with Crippen molar-refractivity contribution in [3.05, 3.63) is 23.8 Å². The summed E-state index contributed by atoms with van der Waals surface area (Å²) in [5.74, 6) is 1.22. The van der Waals surface area contributed by atoms with Gasteiger partial charge in [-0.25, -0.2) is 0 Å². The monoisotopic (exact) mass is 252 g/mol. The molecule has 1 fully saturated rings. The van der Waals surface area contributed by atoms with E-state index in [9.17, 15) is 5.11 Å². The fourth-order valence-corrected chi connectivity index (χ4v) is 2.29. The van der Waals surface area contributed by atoms with Crippen LogP contribution in [0.1, 0.15) is 31.2 Å². The van der Waals surface area contributed by atoms with Crippen LogP contribution in [0.4, 0.5) is 0 Å². The van der Waals surface area contributed by atoms with Crippen molar-refractivity contribution in [2.45, 2.75) is 44.5 Å². The molecule has 0 aliphatic heterocycles. The van der Waals surface area contributed by atoms with Crippen LogP contribution in [-0.4, -0.2) is 29.5 Å². The molecule has 2 unspecified atom stereocenters. The van der Waals surface area contributed by atoms with Crippen LogP contribution in [0, 0.1) is 0 Å². The molecule has 0 amide bonds. The molecule has 1 aliphatic carbocycles. The molecule has 100 valence electrons. The first-order chi connectivity index (χ1) is 8.74. The topological polar surface area (TPSA) is 58.9 Å². The van der Waals surface area contributed by atoms with E-state index in [0.29, 0.717) is 11.5 Å². The lowest BCUT2D eigenvalue weighted by molar-refractivity contribution is 0.00565. The second-order valence-corrected chi connectivity index (χ2v) is 4.65. The predicted molar refractivity (Wildman–Crippen MR) is 67.8 cm³/mol. The Kier molecular flexibility index (Phi) is 4.44. The summed E-state index contributed by atoms with van der Waals surface area (Å²) in [5.41, 5.74) is 0.781. The van der Waals surface area contributed by atoms with Crippen molar-refractivity contribution in [2.24, 2.45) is 0 Å². The Hall–Kier alpha value is -1.26. The maximum atomic E-state index is 9.89.